The fraction of sp³-hybridized carbons (Fsp3) is 0.160. The lowest BCUT2D eigenvalue weighted by atomic mass is 10.0. The molecule has 4 nitrogen and oxygen atoms in total. The zero-order chi connectivity index (χ0) is 22.1. The molecule has 0 N–H and O–H groups in total. The van der Waals surface area contributed by atoms with Crippen LogP contribution in [0.25, 0.3) is 33.1 Å². The molecule has 0 saturated carbocycles. The van der Waals surface area contributed by atoms with Crippen LogP contribution in [0.4, 0.5) is 0 Å². The number of thiophene rings is 1. The molecule has 5 aromatic rings. The van der Waals surface area contributed by atoms with E-state index in [1.54, 1.807) is 34.4 Å². The molecule has 0 unspecified atom stereocenters. The van der Waals surface area contributed by atoms with Gasteiger partial charge in [-0.3, -0.25) is 0 Å². The molecule has 7 heteroatoms. The van der Waals surface area contributed by atoms with Crippen LogP contribution in [0, 0.1) is 13.8 Å². The molecule has 0 atom stereocenters. The molecule has 0 aliphatic rings. The van der Waals surface area contributed by atoms with Gasteiger partial charge in [-0.2, -0.15) is 0 Å². The Kier molecular flexibility index (Phi) is 5.95. The van der Waals surface area contributed by atoms with Crippen molar-refractivity contribution in [1.29, 1.82) is 0 Å². The van der Waals surface area contributed by atoms with Crippen molar-refractivity contribution in [2.24, 2.45) is 7.05 Å². The first-order valence-electron chi connectivity index (χ1n) is 10.3. The van der Waals surface area contributed by atoms with Crippen molar-refractivity contribution in [3.05, 3.63) is 81.5 Å². The van der Waals surface area contributed by atoms with E-state index in [-0.39, 0.29) is 0 Å². The first-order chi connectivity index (χ1) is 15.6. The summed E-state index contributed by atoms with van der Waals surface area (Å²) in [5, 5.41) is 15.3. The normalized spacial score (nSPS) is 11.2. The number of nitrogens with zero attached hydrogens (tertiary/aromatic N) is 4. The topological polar surface area (TPSA) is 43.6 Å². The van der Waals surface area contributed by atoms with E-state index in [0.717, 1.165) is 33.0 Å². The van der Waals surface area contributed by atoms with Gasteiger partial charge >= 0.3 is 0 Å². The summed E-state index contributed by atoms with van der Waals surface area (Å²) in [6.45, 7) is 4.26. The van der Waals surface area contributed by atoms with Gasteiger partial charge in [-0.05, 0) is 19.4 Å². The Morgan fingerprint density at radius 1 is 0.875 bits per heavy atom. The first kappa shape index (κ1) is 21.1. The van der Waals surface area contributed by atoms with Gasteiger partial charge in [-0.1, -0.05) is 71.9 Å². The molecule has 0 amide bonds. The van der Waals surface area contributed by atoms with E-state index in [1.165, 1.54) is 27.1 Å². The molecule has 32 heavy (non-hydrogen) atoms. The number of hydrogen-bond acceptors (Lipinski definition) is 6. The van der Waals surface area contributed by atoms with E-state index in [0.29, 0.717) is 0 Å². The molecule has 2 aromatic carbocycles. The van der Waals surface area contributed by atoms with Crippen LogP contribution in [0.5, 0.6) is 0 Å². The average molecular weight is 475 g/mol. The molecule has 3 aromatic heterocycles. The second kappa shape index (κ2) is 9.02. The summed E-state index contributed by atoms with van der Waals surface area (Å²) in [7, 11) is 2.04. The summed E-state index contributed by atoms with van der Waals surface area (Å²) >= 11 is 5.11. The van der Waals surface area contributed by atoms with E-state index in [9.17, 15) is 0 Å². The highest BCUT2D eigenvalue weighted by Gasteiger charge is 2.19. The predicted octanol–water partition coefficient (Wildman–Crippen LogP) is 7.24. The van der Waals surface area contributed by atoms with E-state index in [1.807, 2.05) is 13.1 Å². The van der Waals surface area contributed by atoms with Gasteiger partial charge in [-0.25, -0.2) is 4.98 Å². The minimum absolute atomic E-state index is 0.766. The maximum atomic E-state index is 4.82. The van der Waals surface area contributed by atoms with Crippen molar-refractivity contribution in [2.45, 2.75) is 24.8 Å². The lowest BCUT2D eigenvalue weighted by molar-refractivity contribution is 0.794. The van der Waals surface area contributed by atoms with Crippen molar-refractivity contribution < 1.29 is 0 Å². The second-order valence-electron chi connectivity index (χ2n) is 7.61. The van der Waals surface area contributed by atoms with Crippen LogP contribution in [0.1, 0.15) is 16.1 Å². The third kappa shape index (κ3) is 4.16. The first-order valence-corrected chi connectivity index (χ1v) is 13.0. The minimum Gasteiger partial charge on any atom is -0.305 e. The molecule has 3 heterocycles. The number of aromatic nitrogens is 4. The van der Waals surface area contributed by atoms with Crippen LogP contribution < -0.4 is 0 Å². The molecule has 5 rings (SSSR count). The monoisotopic (exact) mass is 474 g/mol. The SMILES string of the molecule is Cc1ccc(-c2nc(CSc3nnc(-c4csc(C)c4-c4ccccc4)n3C)cs2)cc1. The number of rotatable bonds is 6. The summed E-state index contributed by atoms with van der Waals surface area (Å²) in [5.41, 5.74) is 7.08. The van der Waals surface area contributed by atoms with Crippen molar-refractivity contribution in [1.82, 2.24) is 19.7 Å². The van der Waals surface area contributed by atoms with Crippen molar-refractivity contribution in [3.8, 4) is 33.1 Å². The summed E-state index contributed by atoms with van der Waals surface area (Å²) < 4.78 is 2.09. The summed E-state index contributed by atoms with van der Waals surface area (Å²) in [5.74, 6) is 1.66. The highest BCUT2D eigenvalue weighted by Crippen LogP contribution is 2.39. The standard InChI is InChI=1S/C25H22N4S3/c1-16-9-11-19(12-10-16)24-26-20(13-31-24)14-32-25-28-27-23(29(25)3)21-15-30-17(2)22(21)18-7-5-4-6-8-18/h4-13,15H,14H2,1-3H3. The molecular formula is C25H22N4S3. The van der Waals surface area contributed by atoms with Gasteiger partial charge in [0.2, 0.25) is 0 Å². The molecule has 160 valence electrons. The van der Waals surface area contributed by atoms with Gasteiger partial charge in [0.25, 0.3) is 0 Å². The van der Waals surface area contributed by atoms with Gasteiger partial charge in [0.05, 0.1) is 5.69 Å². The van der Waals surface area contributed by atoms with Gasteiger partial charge < -0.3 is 4.57 Å². The third-order valence-electron chi connectivity index (χ3n) is 5.31. The number of thioether (sulfide) groups is 1. The van der Waals surface area contributed by atoms with Gasteiger partial charge in [0.15, 0.2) is 11.0 Å². The second-order valence-corrected chi connectivity index (χ2v) is 10.5. The van der Waals surface area contributed by atoms with Crippen LogP contribution in [-0.4, -0.2) is 19.7 Å². The van der Waals surface area contributed by atoms with E-state index in [4.69, 9.17) is 4.98 Å². The molecule has 0 fully saturated rings. The maximum Gasteiger partial charge on any atom is 0.191 e. The Bertz CT molecular complexity index is 1350. The Morgan fingerprint density at radius 3 is 2.44 bits per heavy atom. The van der Waals surface area contributed by atoms with E-state index >= 15 is 0 Å². The van der Waals surface area contributed by atoms with Crippen LogP contribution in [0.15, 0.2) is 70.5 Å². The van der Waals surface area contributed by atoms with Crippen LogP contribution in [0.3, 0.4) is 0 Å². The number of hydrogen-bond donors (Lipinski definition) is 0. The lowest BCUT2D eigenvalue weighted by Gasteiger charge is -2.07. The predicted molar refractivity (Wildman–Crippen MR) is 136 cm³/mol. The number of thiazole rings is 1. The zero-order valence-corrected chi connectivity index (χ0v) is 20.5. The number of aryl methyl sites for hydroxylation is 2. The molecular weight excluding hydrogens is 453 g/mol. The molecule has 0 aliphatic carbocycles. The summed E-state index contributed by atoms with van der Waals surface area (Å²) in [6, 6.07) is 19.0. The van der Waals surface area contributed by atoms with E-state index in [2.05, 4.69) is 87.9 Å². The minimum atomic E-state index is 0.766. The number of benzene rings is 2. The third-order valence-corrected chi connectivity index (χ3v) is 8.22. The molecule has 0 spiro atoms. The highest BCUT2D eigenvalue weighted by atomic mass is 32.2. The Morgan fingerprint density at radius 2 is 1.66 bits per heavy atom. The van der Waals surface area contributed by atoms with Crippen molar-refractivity contribution in [2.75, 3.05) is 0 Å². The molecule has 0 aliphatic heterocycles. The smallest absolute Gasteiger partial charge is 0.191 e. The summed E-state index contributed by atoms with van der Waals surface area (Å²) in [6.07, 6.45) is 0. The largest absolute Gasteiger partial charge is 0.305 e. The maximum absolute atomic E-state index is 4.82. The quantitative estimate of drug-likeness (QED) is 0.243. The Labute approximate surface area is 200 Å². The highest BCUT2D eigenvalue weighted by molar-refractivity contribution is 7.98. The molecule has 0 saturated heterocycles. The summed E-state index contributed by atoms with van der Waals surface area (Å²) in [4.78, 5) is 6.11. The van der Waals surface area contributed by atoms with Crippen LogP contribution in [-0.2, 0) is 12.8 Å². The van der Waals surface area contributed by atoms with E-state index < -0.39 is 0 Å². The van der Waals surface area contributed by atoms with Crippen molar-refractivity contribution >= 4 is 34.4 Å². The van der Waals surface area contributed by atoms with Gasteiger partial charge in [-0.15, -0.1) is 32.9 Å². The Hall–Kier alpha value is -2.74. The van der Waals surface area contributed by atoms with Crippen molar-refractivity contribution in [3.63, 3.8) is 0 Å². The Balaban J connectivity index is 1.36. The zero-order valence-electron chi connectivity index (χ0n) is 18.1. The van der Waals surface area contributed by atoms with Crippen LogP contribution >= 0.6 is 34.4 Å². The molecule has 0 bridgehead atoms. The molecule has 0 radical (unpaired) electrons. The fourth-order valence-electron chi connectivity index (χ4n) is 3.60. The lowest BCUT2D eigenvalue weighted by Crippen LogP contribution is -1.96. The van der Waals surface area contributed by atoms with Gasteiger partial charge in [0.1, 0.15) is 5.01 Å². The fourth-order valence-corrected chi connectivity index (χ4v) is 6.20. The average Bonchev–Trinajstić information content (AvgIpc) is 3.52. The van der Waals surface area contributed by atoms with Crippen LogP contribution in [0.2, 0.25) is 0 Å². The van der Waals surface area contributed by atoms with Gasteiger partial charge in [0, 0.05) is 45.1 Å².